The van der Waals surface area contributed by atoms with Gasteiger partial charge < -0.3 is 32.6 Å². The molecule has 2 aliphatic rings. The minimum absolute atomic E-state index is 0. The molecule has 0 aromatic carbocycles. The van der Waals surface area contributed by atoms with Crippen LogP contribution in [-0.4, -0.2) is 80.2 Å². The van der Waals surface area contributed by atoms with E-state index < -0.39 is 34.6 Å². The summed E-state index contributed by atoms with van der Waals surface area (Å²) in [6.45, 7) is 1.23. The second-order valence-electron chi connectivity index (χ2n) is 7.41. The van der Waals surface area contributed by atoms with Crippen LogP contribution in [0.5, 0.6) is 0 Å². The summed E-state index contributed by atoms with van der Waals surface area (Å²) in [7, 11) is 1.28. The number of carboxylic acids is 1. The van der Waals surface area contributed by atoms with E-state index in [0.717, 1.165) is 22.7 Å². The number of hydrogen-bond donors (Lipinski definition) is 4. The Morgan fingerprint density at radius 2 is 2.17 bits per heavy atom. The van der Waals surface area contributed by atoms with Gasteiger partial charge in [0, 0.05) is 24.6 Å². The average Bonchev–Trinajstić information content (AvgIpc) is 3.43. The number of rotatable bonds is 7. The van der Waals surface area contributed by atoms with Crippen LogP contribution >= 0.6 is 34.4 Å². The summed E-state index contributed by atoms with van der Waals surface area (Å²) >= 11 is 3.41. The van der Waals surface area contributed by atoms with Gasteiger partial charge in [-0.3, -0.25) is 19.2 Å². The summed E-state index contributed by atoms with van der Waals surface area (Å²) in [5.74, 6) is -2.40. The van der Waals surface area contributed by atoms with Gasteiger partial charge in [0.25, 0.3) is 5.91 Å². The molecule has 0 spiro atoms. The Labute approximate surface area is 234 Å². The van der Waals surface area contributed by atoms with Crippen LogP contribution in [0.3, 0.4) is 0 Å². The van der Waals surface area contributed by atoms with Crippen molar-refractivity contribution in [3.63, 3.8) is 0 Å². The fourth-order valence-corrected chi connectivity index (χ4v) is 6.77. The number of anilines is 2. The minimum Gasteiger partial charge on any atom is -1.00 e. The molecule has 2 aliphatic heterocycles. The van der Waals surface area contributed by atoms with Crippen molar-refractivity contribution in [2.24, 2.45) is 5.16 Å². The number of oxime groups is 1. The van der Waals surface area contributed by atoms with Crippen LogP contribution in [-0.2, 0) is 29.4 Å². The third-order valence-electron chi connectivity index (χ3n) is 5.15. The number of nitrogen functional groups attached to an aromatic ring is 1. The number of carbonyl (C=O) groups excluding carboxylic acids is 3. The molecule has 2 saturated heterocycles. The van der Waals surface area contributed by atoms with Gasteiger partial charge in [-0.2, -0.15) is 0 Å². The molecule has 4 heterocycles. The Bertz CT molecular complexity index is 1210. The van der Waals surface area contributed by atoms with Crippen LogP contribution < -0.4 is 45.9 Å². The number of nitrogens with zero attached hydrogens (tertiary/aromatic N) is 4. The Hall–Kier alpha value is -2.24. The van der Waals surface area contributed by atoms with Crippen molar-refractivity contribution < 1.29 is 60.1 Å². The summed E-state index contributed by atoms with van der Waals surface area (Å²) in [6.07, 6.45) is 1.39. The van der Waals surface area contributed by atoms with Crippen LogP contribution in [0.2, 0.25) is 0 Å². The van der Waals surface area contributed by atoms with E-state index in [-0.39, 0.29) is 70.7 Å². The molecule has 2 fully saturated rings. The molecule has 182 valence electrons. The SMILES string of the molecule is CON=C(C(=O)NC1C(=O)N2CC(C(=O)O)(c3ncc(NC(C)=O)s3)CS[C@H]12)c1csc(N)n1.[H-].[Na+]. The van der Waals surface area contributed by atoms with Crippen molar-refractivity contribution in [1.82, 2.24) is 20.2 Å². The second kappa shape index (κ2) is 10.8. The molecule has 0 radical (unpaired) electrons. The summed E-state index contributed by atoms with van der Waals surface area (Å²) in [5.41, 5.74) is 4.27. The molecule has 17 heteroatoms. The van der Waals surface area contributed by atoms with Crippen LogP contribution in [0.25, 0.3) is 0 Å². The summed E-state index contributed by atoms with van der Waals surface area (Å²) in [6, 6.07) is -0.867. The van der Waals surface area contributed by atoms with E-state index in [0.29, 0.717) is 5.00 Å². The number of aromatic nitrogens is 2. The molecular weight excluding hydrogens is 529 g/mol. The van der Waals surface area contributed by atoms with Gasteiger partial charge in [-0.1, -0.05) is 16.5 Å². The zero-order valence-electron chi connectivity index (χ0n) is 19.8. The van der Waals surface area contributed by atoms with Gasteiger partial charge in [-0.05, 0) is 0 Å². The van der Waals surface area contributed by atoms with Crippen molar-refractivity contribution in [3.8, 4) is 0 Å². The molecule has 2 aromatic heterocycles. The van der Waals surface area contributed by atoms with Gasteiger partial charge in [0.1, 0.15) is 39.6 Å². The van der Waals surface area contributed by atoms with Crippen molar-refractivity contribution >= 4 is 74.0 Å². The standard InChI is InChI=1S/C18H19N7O6S3.Na.H/c1-7(26)21-9-3-20-15(34-9)18(16(29)30)5-25-13(28)11(14(25)33-6-18)23-12(27)10(24-31-2)8-4-32-17(19)22-8;;/h3-4,11,14H,5-6H2,1-2H3,(H2,19,22)(H,21,26)(H,23,27)(H,29,30);;/q;+1;-1/t11?,14-,18?;;/m1../s1. The van der Waals surface area contributed by atoms with E-state index in [2.05, 4.69) is 25.8 Å². The maximum atomic E-state index is 12.9. The number of nitrogens with one attached hydrogen (secondary N) is 2. The third kappa shape index (κ3) is 5.17. The molecule has 2 unspecified atom stereocenters. The molecule has 0 bridgehead atoms. The van der Waals surface area contributed by atoms with E-state index >= 15 is 0 Å². The molecule has 5 N–H and O–H groups in total. The first-order valence-corrected chi connectivity index (χ1v) is 12.4. The number of carboxylic acid groups (broad SMARTS) is 1. The predicted molar refractivity (Wildman–Crippen MR) is 127 cm³/mol. The fourth-order valence-electron chi connectivity index (χ4n) is 3.55. The normalized spacial score (nSPS) is 23.4. The smallest absolute Gasteiger partial charge is 1.00 e. The number of β-lactam (4-membered cyclic amide) rings is 1. The maximum Gasteiger partial charge on any atom is 1.00 e. The van der Waals surface area contributed by atoms with Crippen molar-refractivity contribution in [2.45, 2.75) is 23.8 Å². The van der Waals surface area contributed by atoms with Gasteiger partial charge in [-0.25, -0.2) is 9.97 Å². The molecule has 35 heavy (non-hydrogen) atoms. The van der Waals surface area contributed by atoms with E-state index in [1.807, 2.05) is 0 Å². The number of amides is 3. The third-order valence-corrected chi connectivity index (χ3v) is 8.47. The van der Waals surface area contributed by atoms with Gasteiger partial charge >= 0.3 is 35.5 Å². The molecule has 2 aromatic rings. The van der Waals surface area contributed by atoms with Gasteiger partial charge in [0.2, 0.25) is 11.8 Å². The number of thiazole rings is 2. The van der Waals surface area contributed by atoms with Gasteiger partial charge in [0.15, 0.2) is 10.8 Å². The molecule has 4 rings (SSSR count). The molecule has 13 nitrogen and oxygen atoms in total. The molecule has 0 aliphatic carbocycles. The molecule has 3 amide bonds. The van der Waals surface area contributed by atoms with E-state index in [9.17, 15) is 24.3 Å². The fraction of sp³-hybridized carbons (Fsp3) is 0.389. The van der Waals surface area contributed by atoms with E-state index in [1.165, 1.54) is 36.9 Å². The monoisotopic (exact) mass is 549 g/mol. The predicted octanol–water partition coefficient (Wildman–Crippen LogP) is -2.97. The number of nitrogens with two attached hydrogens (primary N) is 1. The number of fused-ring (bicyclic) bond motifs is 1. The quantitative estimate of drug-likeness (QED) is 0.120. The van der Waals surface area contributed by atoms with Crippen LogP contribution in [0.4, 0.5) is 10.1 Å². The van der Waals surface area contributed by atoms with Crippen LogP contribution in [0.1, 0.15) is 19.1 Å². The Kier molecular flexibility index (Phi) is 8.44. The van der Waals surface area contributed by atoms with E-state index in [1.54, 1.807) is 5.38 Å². The Morgan fingerprint density at radius 1 is 1.43 bits per heavy atom. The Morgan fingerprint density at radius 3 is 2.77 bits per heavy atom. The van der Waals surface area contributed by atoms with Crippen molar-refractivity contribution in [2.75, 3.05) is 30.5 Å². The minimum atomic E-state index is -1.44. The van der Waals surface area contributed by atoms with E-state index in [4.69, 9.17) is 10.6 Å². The van der Waals surface area contributed by atoms with Gasteiger partial charge in [-0.15, -0.1) is 23.1 Å². The number of hydrogen-bond acceptors (Lipinski definition) is 12. The van der Waals surface area contributed by atoms with Crippen LogP contribution in [0.15, 0.2) is 16.7 Å². The van der Waals surface area contributed by atoms with Gasteiger partial charge in [0.05, 0.1) is 6.20 Å². The zero-order chi connectivity index (χ0) is 24.6. The molecular formula is C18H20N7NaO6S3. The number of carbonyl (C=O) groups is 4. The average molecular weight is 550 g/mol. The topological polar surface area (TPSA) is 189 Å². The van der Waals surface area contributed by atoms with Crippen LogP contribution in [0, 0.1) is 0 Å². The largest absolute Gasteiger partial charge is 1.00 e. The first-order valence-electron chi connectivity index (χ1n) is 9.69. The second-order valence-corrected chi connectivity index (χ2v) is 10.4. The molecule has 3 atom stereocenters. The summed E-state index contributed by atoms with van der Waals surface area (Å²) in [4.78, 5) is 63.6. The summed E-state index contributed by atoms with van der Waals surface area (Å²) < 4.78 is 0. The molecule has 0 saturated carbocycles. The Balaban J connectivity index is 0.00000228. The first kappa shape index (κ1) is 27.3. The number of aliphatic carboxylic acids is 1. The zero-order valence-corrected chi connectivity index (χ0v) is 23.3. The first-order chi connectivity index (χ1) is 16.2. The number of thioether (sulfide) groups is 1. The maximum absolute atomic E-state index is 12.9. The van der Waals surface area contributed by atoms with Crippen molar-refractivity contribution in [3.05, 3.63) is 22.3 Å². The van der Waals surface area contributed by atoms with Crippen molar-refractivity contribution in [1.29, 1.82) is 0 Å². The summed E-state index contributed by atoms with van der Waals surface area (Å²) in [5, 5.41) is 21.0.